The molecule has 2 atom stereocenters. The van der Waals surface area contributed by atoms with Crippen LogP contribution in [0.2, 0.25) is 0 Å². The monoisotopic (exact) mass is 336 g/mol. The number of rotatable bonds is 4. The van der Waals surface area contributed by atoms with Crippen LogP contribution in [-0.2, 0) is 9.59 Å². The quantitative estimate of drug-likeness (QED) is 0.928. The van der Waals surface area contributed by atoms with Crippen LogP contribution in [0.15, 0.2) is 48.5 Å². The van der Waals surface area contributed by atoms with Crippen LogP contribution in [0.1, 0.15) is 36.1 Å². The molecule has 0 spiro atoms. The zero-order valence-corrected chi connectivity index (χ0v) is 15.0. The molecule has 4 nitrogen and oxygen atoms in total. The zero-order chi connectivity index (χ0) is 18.0. The van der Waals surface area contributed by atoms with Gasteiger partial charge in [-0.15, -0.1) is 0 Å². The number of aryl methyl sites for hydroxylation is 2. The van der Waals surface area contributed by atoms with Crippen molar-refractivity contribution in [3.05, 3.63) is 65.2 Å². The molecule has 3 rings (SSSR count). The molecule has 1 fully saturated rings. The summed E-state index contributed by atoms with van der Waals surface area (Å²) in [5, 5.41) is 3.06. The first-order chi connectivity index (χ1) is 12.0. The van der Waals surface area contributed by atoms with E-state index in [9.17, 15) is 9.59 Å². The Morgan fingerprint density at radius 1 is 1.12 bits per heavy atom. The fourth-order valence-corrected chi connectivity index (χ4v) is 3.34. The molecule has 1 aliphatic heterocycles. The zero-order valence-electron chi connectivity index (χ0n) is 15.0. The highest BCUT2D eigenvalue weighted by Gasteiger charge is 2.35. The molecule has 0 radical (unpaired) electrons. The average molecular weight is 336 g/mol. The summed E-state index contributed by atoms with van der Waals surface area (Å²) in [7, 11) is 0. The first-order valence-electron chi connectivity index (χ1n) is 8.68. The second-order valence-corrected chi connectivity index (χ2v) is 6.83. The average Bonchev–Trinajstić information content (AvgIpc) is 2.98. The molecule has 0 saturated carbocycles. The van der Waals surface area contributed by atoms with Gasteiger partial charge in [-0.3, -0.25) is 9.59 Å². The highest BCUT2D eigenvalue weighted by atomic mass is 16.2. The fourth-order valence-electron chi connectivity index (χ4n) is 3.34. The van der Waals surface area contributed by atoms with E-state index in [4.69, 9.17) is 0 Å². The Morgan fingerprint density at radius 3 is 2.48 bits per heavy atom. The number of benzene rings is 2. The van der Waals surface area contributed by atoms with E-state index < -0.39 is 0 Å². The highest BCUT2D eigenvalue weighted by molar-refractivity contribution is 6.00. The second kappa shape index (κ2) is 7.09. The van der Waals surface area contributed by atoms with Gasteiger partial charge in [-0.2, -0.15) is 0 Å². The number of anilines is 1. The van der Waals surface area contributed by atoms with E-state index in [0.717, 1.165) is 22.4 Å². The van der Waals surface area contributed by atoms with Gasteiger partial charge in [0.05, 0.1) is 12.0 Å². The van der Waals surface area contributed by atoms with Gasteiger partial charge >= 0.3 is 0 Å². The van der Waals surface area contributed by atoms with Crippen LogP contribution in [0.3, 0.4) is 0 Å². The van der Waals surface area contributed by atoms with Crippen molar-refractivity contribution >= 4 is 17.5 Å². The fraction of sp³-hybridized carbons (Fsp3) is 0.333. The predicted octanol–water partition coefficient (Wildman–Crippen LogP) is 3.53. The Kier molecular flexibility index (Phi) is 4.88. The molecule has 2 amide bonds. The number of hydrogen-bond donors (Lipinski definition) is 1. The lowest BCUT2D eigenvalue weighted by Gasteiger charge is -2.20. The lowest BCUT2D eigenvalue weighted by Crippen LogP contribution is -2.34. The van der Waals surface area contributed by atoms with Gasteiger partial charge in [0.15, 0.2) is 0 Å². The Labute approximate surface area is 148 Å². The molecule has 0 aliphatic carbocycles. The van der Waals surface area contributed by atoms with Gasteiger partial charge < -0.3 is 10.2 Å². The summed E-state index contributed by atoms with van der Waals surface area (Å²) in [6.07, 6.45) is 0.264. The number of amides is 2. The van der Waals surface area contributed by atoms with Crippen LogP contribution >= 0.6 is 0 Å². The van der Waals surface area contributed by atoms with Gasteiger partial charge in [-0.05, 0) is 44.0 Å². The second-order valence-electron chi connectivity index (χ2n) is 6.83. The van der Waals surface area contributed by atoms with Gasteiger partial charge in [0.1, 0.15) is 0 Å². The van der Waals surface area contributed by atoms with E-state index in [1.54, 1.807) is 4.90 Å². The summed E-state index contributed by atoms with van der Waals surface area (Å²) in [6.45, 7) is 6.47. The Bertz CT molecular complexity index is 783. The number of hydrogen-bond acceptors (Lipinski definition) is 2. The van der Waals surface area contributed by atoms with Crippen molar-refractivity contribution in [1.82, 2.24) is 5.32 Å². The van der Waals surface area contributed by atoms with Crippen LogP contribution < -0.4 is 10.2 Å². The van der Waals surface area contributed by atoms with Crippen molar-refractivity contribution in [3.8, 4) is 0 Å². The molecule has 1 N–H and O–H groups in total. The van der Waals surface area contributed by atoms with Crippen LogP contribution in [0.4, 0.5) is 5.69 Å². The standard InChI is InChI=1S/C21H24N2O2/c1-14-8-10-18(11-9-14)23-13-17(12-20(23)24)21(25)22-16(3)19-7-5-4-6-15(19)2/h4-11,16-17H,12-13H2,1-3H3,(H,22,25). The predicted molar refractivity (Wildman–Crippen MR) is 99.4 cm³/mol. The smallest absolute Gasteiger partial charge is 0.227 e. The maximum atomic E-state index is 12.6. The number of nitrogens with one attached hydrogen (secondary N) is 1. The summed E-state index contributed by atoms with van der Waals surface area (Å²) in [5.74, 6) is -0.355. The Balaban J connectivity index is 1.66. The number of carbonyl (C=O) groups excluding carboxylic acids is 2. The third-order valence-electron chi connectivity index (χ3n) is 4.86. The highest BCUT2D eigenvalue weighted by Crippen LogP contribution is 2.26. The van der Waals surface area contributed by atoms with E-state index >= 15 is 0 Å². The molecule has 1 heterocycles. The molecule has 2 unspecified atom stereocenters. The van der Waals surface area contributed by atoms with Crippen LogP contribution in [-0.4, -0.2) is 18.4 Å². The maximum Gasteiger partial charge on any atom is 0.227 e. The van der Waals surface area contributed by atoms with Crippen LogP contribution in [0.25, 0.3) is 0 Å². The first-order valence-corrected chi connectivity index (χ1v) is 8.68. The summed E-state index contributed by atoms with van der Waals surface area (Å²) >= 11 is 0. The molecule has 0 aromatic heterocycles. The van der Waals surface area contributed by atoms with Crippen LogP contribution in [0.5, 0.6) is 0 Å². The normalized spacial score (nSPS) is 18.3. The summed E-state index contributed by atoms with van der Waals surface area (Å²) in [6, 6.07) is 15.8. The van der Waals surface area contributed by atoms with E-state index in [-0.39, 0.29) is 30.2 Å². The molecule has 25 heavy (non-hydrogen) atoms. The van der Waals surface area contributed by atoms with Crippen molar-refractivity contribution < 1.29 is 9.59 Å². The van der Waals surface area contributed by atoms with Crippen molar-refractivity contribution in [2.24, 2.45) is 5.92 Å². The van der Waals surface area contributed by atoms with Crippen molar-refractivity contribution in [3.63, 3.8) is 0 Å². The van der Waals surface area contributed by atoms with Crippen molar-refractivity contribution in [2.45, 2.75) is 33.2 Å². The topological polar surface area (TPSA) is 49.4 Å². The minimum atomic E-state index is -0.305. The van der Waals surface area contributed by atoms with E-state index in [2.05, 4.69) is 5.32 Å². The lowest BCUT2D eigenvalue weighted by molar-refractivity contribution is -0.126. The molecule has 1 saturated heterocycles. The van der Waals surface area contributed by atoms with Gasteiger partial charge in [0, 0.05) is 18.7 Å². The summed E-state index contributed by atoms with van der Waals surface area (Å²) in [4.78, 5) is 26.7. The molecule has 130 valence electrons. The summed E-state index contributed by atoms with van der Waals surface area (Å²) < 4.78 is 0. The molecule has 1 aliphatic rings. The Hall–Kier alpha value is -2.62. The minimum absolute atomic E-state index is 0.00699. The first kappa shape index (κ1) is 17.2. The van der Waals surface area contributed by atoms with E-state index in [1.807, 2.05) is 69.3 Å². The maximum absolute atomic E-state index is 12.6. The molecule has 4 heteroatoms. The number of nitrogens with zero attached hydrogens (tertiary/aromatic N) is 1. The third kappa shape index (κ3) is 3.73. The van der Waals surface area contributed by atoms with Gasteiger partial charge in [0.25, 0.3) is 0 Å². The minimum Gasteiger partial charge on any atom is -0.349 e. The molecular weight excluding hydrogens is 312 g/mol. The van der Waals surface area contributed by atoms with Gasteiger partial charge in [0.2, 0.25) is 11.8 Å². The molecule has 0 bridgehead atoms. The SMILES string of the molecule is Cc1ccc(N2CC(C(=O)NC(C)c3ccccc3C)CC2=O)cc1. The Morgan fingerprint density at radius 2 is 1.80 bits per heavy atom. The van der Waals surface area contributed by atoms with E-state index in [1.165, 1.54) is 0 Å². The van der Waals surface area contributed by atoms with E-state index in [0.29, 0.717) is 6.54 Å². The number of carbonyl (C=O) groups is 2. The lowest BCUT2D eigenvalue weighted by atomic mass is 10.0. The summed E-state index contributed by atoms with van der Waals surface area (Å²) in [5.41, 5.74) is 4.27. The molecule has 2 aromatic rings. The van der Waals surface area contributed by atoms with Gasteiger partial charge in [-0.1, -0.05) is 42.0 Å². The molecular formula is C21H24N2O2. The molecule has 2 aromatic carbocycles. The third-order valence-corrected chi connectivity index (χ3v) is 4.86. The van der Waals surface area contributed by atoms with Crippen molar-refractivity contribution in [2.75, 3.05) is 11.4 Å². The van der Waals surface area contributed by atoms with Crippen LogP contribution in [0, 0.1) is 19.8 Å². The largest absolute Gasteiger partial charge is 0.349 e. The van der Waals surface area contributed by atoms with Crippen molar-refractivity contribution in [1.29, 1.82) is 0 Å². The van der Waals surface area contributed by atoms with Gasteiger partial charge in [-0.25, -0.2) is 0 Å².